The fraction of sp³-hybridized carbons (Fsp3) is 0.429. The van der Waals surface area contributed by atoms with Crippen LogP contribution in [0.15, 0.2) is 31.2 Å². The third-order valence-electron chi connectivity index (χ3n) is 2.24. The van der Waals surface area contributed by atoms with Crippen LogP contribution >= 0.6 is 0 Å². The molecule has 10 heteroatoms. The first-order valence-electron chi connectivity index (χ1n) is 6.53. The lowest BCUT2D eigenvalue weighted by atomic mass is 10.5. The first kappa shape index (κ1) is 23.4. The molecule has 0 saturated heterocycles. The maximum absolute atomic E-state index is 10.3. The Morgan fingerprint density at radius 2 is 1.79 bits per heavy atom. The molecule has 0 radical (unpaired) electrons. The lowest BCUT2D eigenvalue weighted by Crippen LogP contribution is -2.26. The minimum atomic E-state index is -1.15. The van der Waals surface area contributed by atoms with Crippen LogP contribution in [-0.4, -0.2) is 52.7 Å². The maximum atomic E-state index is 10.3. The summed E-state index contributed by atoms with van der Waals surface area (Å²) in [4.78, 5) is 23.8. The molecule has 0 aliphatic carbocycles. The third-order valence-corrected chi connectivity index (χ3v) is 2.24. The average Bonchev–Trinajstić information content (AvgIpc) is 3.18. The van der Waals surface area contributed by atoms with Gasteiger partial charge in [0.05, 0.1) is 34.6 Å². The van der Waals surface area contributed by atoms with Crippen LogP contribution < -0.4 is 9.67 Å². The number of hydrogen-bond donors (Lipinski definition) is 1. The van der Waals surface area contributed by atoms with Crippen LogP contribution in [-0.2, 0) is 30.6 Å². The molecule has 2 aromatic heterocycles. The van der Waals surface area contributed by atoms with Crippen molar-refractivity contribution in [1.82, 2.24) is 14.1 Å². The highest BCUT2D eigenvalue weighted by molar-refractivity contribution is 5.82. The number of carbonyl (C=O) groups is 2. The first-order valence-corrected chi connectivity index (χ1v) is 6.53. The maximum Gasteiger partial charge on any atom is 0.507 e. The van der Waals surface area contributed by atoms with Crippen molar-refractivity contribution in [3.8, 4) is 0 Å². The van der Waals surface area contributed by atoms with Crippen LogP contribution in [0.3, 0.4) is 0 Å². The molecule has 136 valence electrons. The van der Waals surface area contributed by atoms with Crippen molar-refractivity contribution in [1.29, 1.82) is 0 Å². The van der Waals surface area contributed by atoms with Crippen molar-refractivity contribution in [2.75, 3.05) is 21.3 Å². The van der Waals surface area contributed by atoms with Crippen molar-refractivity contribution in [2.45, 2.75) is 0 Å². The predicted octanol–water partition coefficient (Wildman–Crippen LogP) is -1.36. The van der Waals surface area contributed by atoms with Gasteiger partial charge < -0.3 is 29.0 Å². The fourth-order valence-electron chi connectivity index (χ4n) is 1.26. The predicted molar refractivity (Wildman–Crippen MR) is 81.7 cm³/mol. The van der Waals surface area contributed by atoms with E-state index in [-0.39, 0.29) is 5.69 Å². The summed E-state index contributed by atoms with van der Waals surface area (Å²) in [5.74, 6) is -1.15. The largest absolute Gasteiger partial charge is 0.541 e. The molecule has 0 saturated carbocycles. The number of hydrogen-bond acceptors (Lipinski definition) is 7. The topological polar surface area (TPSA) is 123 Å². The molecular weight excluding hydrogens is 320 g/mol. The molecule has 0 atom stereocenters. The fourth-order valence-corrected chi connectivity index (χ4v) is 1.26. The molecule has 0 aliphatic rings. The van der Waals surface area contributed by atoms with Gasteiger partial charge in [0.2, 0.25) is 6.33 Å². The van der Waals surface area contributed by atoms with Gasteiger partial charge in [0.25, 0.3) is 0 Å². The number of rotatable bonds is 1. The van der Waals surface area contributed by atoms with Crippen LogP contribution in [0.4, 0.5) is 4.79 Å². The molecule has 0 bridgehead atoms. The zero-order valence-electron chi connectivity index (χ0n) is 14.7. The van der Waals surface area contributed by atoms with Gasteiger partial charge in [-0.1, -0.05) is 0 Å². The number of aromatic carboxylic acids is 1. The summed E-state index contributed by atoms with van der Waals surface area (Å²) in [6, 6.07) is 0. The summed E-state index contributed by atoms with van der Waals surface area (Å²) in [5.41, 5.74) is 0.183. The van der Waals surface area contributed by atoms with Gasteiger partial charge in [0.1, 0.15) is 12.2 Å². The number of imidazole rings is 2. The van der Waals surface area contributed by atoms with Crippen molar-refractivity contribution in [2.24, 2.45) is 21.1 Å². The number of aliphatic hydroxyl groups is 1. The van der Waals surface area contributed by atoms with E-state index in [1.54, 1.807) is 37.5 Å². The minimum Gasteiger partial charge on any atom is -0.541 e. The van der Waals surface area contributed by atoms with Crippen LogP contribution in [0.2, 0.25) is 0 Å². The van der Waals surface area contributed by atoms with E-state index in [0.717, 1.165) is 7.11 Å². The smallest absolute Gasteiger partial charge is 0.507 e. The lowest BCUT2D eigenvalue weighted by molar-refractivity contribution is -0.671. The van der Waals surface area contributed by atoms with Gasteiger partial charge in [-0.05, 0) is 0 Å². The van der Waals surface area contributed by atoms with Gasteiger partial charge in [0.15, 0.2) is 5.69 Å². The van der Waals surface area contributed by atoms with E-state index in [1.165, 1.54) is 25.0 Å². The molecule has 10 nitrogen and oxygen atoms in total. The number of ether oxygens (including phenoxy) is 2. The zero-order chi connectivity index (χ0) is 19.1. The van der Waals surface area contributed by atoms with Crippen molar-refractivity contribution < 1.29 is 33.8 Å². The summed E-state index contributed by atoms with van der Waals surface area (Å²) >= 11 is 0. The normalized spacial score (nSPS) is 8.29. The number of aromatic nitrogens is 4. The monoisotopic (exact) mass is 344 g/mol. The van der Waals surface area contributed by atoms with Crippen molar-refractivity contribution in [3.05, 3.63) is 36.9 Å². The van der Waals surface area contributed by atoms with Crippen LogP contribution in [0.5, 0.6) is 0 Å². The Labute approximate surface area is 140 Å². The molecule has 2 rings (SSSR count). The number of nitrogens with zero attached hydrogens (tertiary/aromatic N) is 4. The molecule has 2 heterocycles. The van der Waals surface area contributed by atoms with E-state index < -0.39 is 12.1 Å². The van der Waals surface area contributed by atoms with E-state index in [1.807, 2.05) is 17.8 Å². The highest BCUT2D eigenvalue weighted by atomic mass is 16.7. The number of carboxylic acids is 1. The second-order valence-electron chi connectivity index (χ2n) is 4.08. The van der Waals surface area contributed by atoms with E-state index >= 15 is 0 Å². The first-order chi connectivity index (χ1) is 11.3. The summed E-state index contributed by atoms with van der Waals surface area (Å²) < 4.78 is 13.1. The Morgan fingerprint density at radius 3 is 1.92 bits per heavy atom. The van der Waals surface area contributed by atoms with E-state index in [9.17, 15) is 14.7 Å². The molecule has 0 fully saturated rings. The molecule has 1 N–H and O–H groups in total. The van der Waals surface area contributed by atoms with Crippen LogP contribution in [0.25, 0.3) is 0 Å². The van der Waals surface area contributed by atoms with Crippen molar-refractivity contribution >= 4 is 12.1 Å². The molecule has 0 amide bonds. The molecule has 0 aromatic carbocycles. The summed E-state index contributed by atoms with van der Waals surface area (Å²) in [6.45, 7) is 0. The van der Waals surface area contributed by atoms with Crippen molar-refractivity contribution in [3.63, 3.8) is 0 Å². The summed E-state index contributed by atoms with van der Waals surface area (Å²) in [6.07, 6.45) is 7.88. The van der Waals surface area contributed by atoms with E-state index in [2.05, 4.69) is 14.5 Å². The van der Waals surface area contributed by atoms with Gasteiger partial charge in [-0.3, -0.25) is 0 Å². The van der Waals surface area contributed by atoms with Gasteiger partial charge in [0, 0.05) is 26.6 Å². The standard InChI is InChI=1S/C6H8N2O2.C4H6N2.C3H6O3.CH4O/c1-7-3-5(6(9)10)8(2)4-7;1-6-3-2-5-4-6;1-5-3(4)6-2;1-2/h3-4H,1-2H3;2-4H,1H3;1-2H3;2H,1H3. The molecule has 0 unspecified atom stereocenters. The van der Waals surface area contributed by atoms with Gasteiger partial charge in [-0.25, -0.2) is 18.9 Å². The minimum absolute atomic E-state index is 0.183. The Morgan fingerprint density at radius 1 is 1.25 bits per heavy atom. The molecular formula is C14H24N4O6. The Kier molecular flexibility index (Phi) is 13.4. The second kappa shape index (κ2) is 13.8. The molecule has 0 aliphatic heterocycles. The van der Waals surface area contributed by atoms with Gasteiger partial charge in [-0.15, -0.1) is 0 Å². The Hall–Kier alpha value is -2.88. The number of aliphatic hydroxyl groups excluding tert-OH is 1. The lowest BCUT2D eigenvalue weighted by Gasteiger charge is -1.93. The number of carbonyl (C=O) groups excluding carboxylic acids is 2. The van der Waals surface area contributed by atoms with Crippen LogP contribution in [0, 0.1) is 0 Å². The Balaban J connectivity index is 0. The molecule has 0 spiro atoms. The van der Waals surface area contributed by atoms with Gasteiger partial charge >= 0.3 is 6.16 Å². The van der Waals surface area contributed by atoms with E-state index in [0.29, 0.717) is 0 Å². The molecule has 24 heavy (non-hydrogen) atoms. The average molecular weight is 344 g/mol. The summed E-state index contributed by atoms with van der Waals surface area (Å²) in [5, 5.41) is 17.3. The Bertz CT molecular complexity index is 574. The van der Waals surface area contributed by atoms with E-state index in [4.69, 9.17) is 5.11 Å². The third kappa shape index (κ3) is 10.8. The number of carboxylic acid groups (broad SMARTS) is 1. The molecule has 2 aromatic rings. The SMILES string of the molecule is CO.COC(=O)OC.Cn1c[n+](C)cc1C(=O)[O-].Cn1ccnc1. The zero-order valence-corrected chi connectivity index (χ0v) is 14.7. The van der Waals surface area contributed by atoms with Crippen LogP contribution in [0.1, 0.15) is 10.5 Å². The summed E-state index contributed by atoms with van der Waals surface area (Å²) in [7, 11) is 8.86. The van der Waals surface area contributed by atoms with Gasteiger partial charge in [-0.2, -0.15) is 0 Å². The number of aryl methyl sites for hydroxylation is 3. The number of methoxy groups -OCH3 is 2. The highest BCUT2D eigenvalue weighted by Crippen LogP contribution is 1.89. The quantitative estimate of drug-likeness (QED) is 0.501. The second-order valence-corrected chi connectivity index (χ2v) is 4.08. The highest BCUT2D eigenvalue weighted by Gasteiger charge is 2.06.